The lowest BCUT2D eigenvalue weighted by Gasteiger charge is -2.34. The number of sulfonamides is 1. The van der Waals surface area contributed by atoms with Crippen LogP contribution in [0.5, 0.6) is 0 Å². The highest BCUT2D eigenvalue weighted by Crippen LogP contribution is 2.27. The van der Waals surface area contributed by atoms with Crippen molar-refractivity contribution in [3.05, 3.63) is 131 Å². The normalized spacial score (nSPS) is 12.2. The zero-order valence-electron chi connectivity index (χ0n) is 28.3. The van der Waals surface area contributed by atoms with Crippen LogP contribution in [0.25, 0.3) is 0 Å². The number of anilines is 1. The highest BCUT2D eigenvalue weighted by molar-refractivity contribution is 7.92. The summed E-state index contributed by atoms with van der Waals surface area (Å²) in [5, 5.41) is 3.04. The van der Waals surface area contributed by atoms with Crippen molar-refractivity contribution < 1.29 is 18.0 Å². The van der Waals surface area contributed by atoms with Crippen molar-refractivity contribution in [3.63, 3.8) is 0 Å². The Labute approximate surface area is 280 Å². The molecule has 2 amide bonds. The molecule has 7 nitrogen and oxygen atoms in total. The third kappa shape index (κ3) is 9.32. The van der Waals surface area contributed by atoms with Crippen molar-refractivity contribution >= 4 is 27.5 Å². The van der Waals surface area contributed by atoms with E-state index in [0.29, 0.717) is 12.2 Å². The summed E-state index contributed by atoms with van der Waals surface area (Å²) in [6.45, 7) is 12.1. The summed E-state index contributed by atoms with van der Waals surface area (Å²) < 4.78 is 29.7. The maximum absolute atomic E-state index is 14.7. The van der Waals surface area contributed by atoms with Gasteiger partial charge < -0.3 is 10.2 Å². The molecule has 0 aliphatic carbocycles. The average molecular weight is 654 g/mol. The van der Waals surface area contributed by atoms with Crippen molar-refractivity contribution in [2.45, 2.75) is 71.4 Å². The van der Waals surface area contributed by atoms with Gasteiger partial charge in [0.05, 0.1) is 10.6 Å². The van der Waals surface area contributed by atoms with E-state index in [2.05, 4.69) is 19.2 Å². The number of amides is 2. The molecule has 248 valence electrons. The molecule has 0 saturated carbocycles. The van der Waals surface area contributed by atoms with Crippen molar-refractivity contribution in [2.24, 2.45) is 5.92 Å². The largest absolute Gasteiger partial charge is 0.354 e. The van der Waals surface area contributed by atoms with Crippen molar-refractivity contribution in [3.8, 4) is 0 Å². The second-order valence-electron chi connectivity index (χ2n) is 12.9. The van der Waals surface area contributed by atoms with Crippen molar-refractivity contribution in [1.29, 1.82) is 0 Å². The van der Waals surface area contributed by atoms with Crippen LogP contribution in [0, 0.1) is 19.8 Å². The van der Waals surface area contributed by atoms with Crippen LogP contribution in [0.4, 0.5) is 5.69 Å². The molecule has 0 bridgehead atoms. The SMILES string of the molecule is Cc1ccc(S(=O)(=O)N(CC(=O)N(Cc2ccccc2C)[C@@H](Cc2ccccc2)C(=O)NCC(C)C)c2ccc(C(C)C)cc2)cc1. The van der Waals surface area contributed by atoms with Gasteiger partial charge in [0.2, 0.25) is 11.8 Å². The molecule has 0 radical (unpaired) electrons. The Kier molecular flexibility index (Phi) is 12.0. The molecule has 1 atom stereocenters. The lowest BCUT2D eigenvalue weighted by molar-refractivity contribution is -0.140. The summed E-state index contributed by atoms with van der Waals surface area (Å²) in [4.78, 5) is 30.2. The van der Waals surface area contributed by atoms with Crippen molar-refractivity contribution in [2.75, 3.05) is 17.4 Å². The fraction of sp³-hybridized carbons (Fsp3) is 0.333. The van der Waals surface area contributed by atoms with E-state index in [1.165, 1.54) is 4.31 Å². The molecule has 0 saturated heterocycles. The summed E-state index contributed by atoms with van der Waals surface area (Å²) in [6.07, 6.45) is 0.274. The summed E-state index contributed by atoms with van der Waals surface area (Å²) in [6, 6.07) is 30.3. The number of aryl methyl sites for hydroxylation is 2. The summed E-state index contributed by atoms with van der Waals surface area (Å²) in [5.41, 5.74) is 5.10. The van der Waals surface area contributed by atoms with E-state index < -0.39 is 28.5 Å². The number of carbonyl (C=O) groups is 2. The molecule has 0 fully saturated rings. The Morgan fingerprint density at radius 1 is 0.766 bits per heavy atom. The van der Waals surface area contributed by atoms with E-state index in [1.54, 1.807) is 41.3 Å². The first-order chi connectivity index (χ1) is 22.4. The van der Waals surface area contributed by atoms with E-state index in [9.17, 15) is 18.0 Å². The number of carbonyl (C=O) groups excluding carboxylic acids is 2. The molecule has 47 heavy (non-hydrogen) atoms. The van der Waals surface area contributed by atoms with Crippen LogP contribution in [-0.2, 0) is 32.6 Å². The van der Waals surface area contributed by atoms with Gasteiger partial charge in [0.1, 0.15) is 12.6 Å². The summed E-state index contributed by atoms with van der Waals surface area (Å²) in [7, 11) is -4.15. The van der Waals surface area contributed by atoms with Gasteiger partial charge in [-0.15, -0.1) is 0 Å². The average Bonchev–Trinajstić information content (AvgIpc) is 3.05. The zero-order chi connectivity index (χ0) is 34.1. The molecular weight excluding hydrogens is 607 g/mol. The van der Waals surface area contributed by atoms with Crippen LogP contribution in [-0.4, -0.2) is 44.3 Å². The van der Waals surface area contributed by atoms with Gasteiger partial charge in [-0.25, -0.2) is 8.42 Å². The third-order valence-corrected chi connectivity index (χ3v) is 10.1. The molecule has 0 spiro atoms. The summed E-state index contributed by atoms with van der Waals surface area (Å²) in [5.74, 6) is -0.294. The van der Waals surface area contributed by atoms with Crippen LogP contribution in [0.15, 0.2) is 108 Å². The first-order valence-electron chi connectivity index (χ1n) is 16.2. The maximum Gasteiger partial charge on any atom is 0.264 e. The van der Waals surface area contributed by atoms with E-state index in [1.807, 2.05) is 94.4 Å². The third-order valence-electron chi connectivity index (χ3n) is 8.29. The highest BCUT2D eigenvalue weighted by atomic mass is 32.2. The van der Waals surface area contributed by atoms with E-state index in [0.717, 1.165) is 27.8 Å². The van der Waals surface area contributed by atoms with E-state index in [4.69, 9.17) is 0 Å². The number of benzene rings is 4. The monoisotopic (exact) mass is 653 g/mol. The molecule has 0 aromatic heterocycles. The Bertz CT molecular complexity index is 1740. The fourth-order valence-electron chi connectivity index (χ4n) is 5.34. The topological polar surface area (TPSA) is 86.8 Å². The molecule has 0 aliphatic heterocycles. The molecule has 0 heterocycles. The lowest BCUT2D eigenvalue weighted by atomic mass is 10.0. The number of nitrogens with zero attached hydrogens (tertiary/aromatic N) is 2. The lowest BCUT2D eigenvalue weighted by Crippen LogP contribution is -2.53. The van der Waals surface area contributed by atoms with Gasteiger partial charge >= 0.3 is 0 Å². The van der Waals surface area contributed by atoms with Crippen LogP contribution >= 0.6 is 0 Å². The van der Waals surface area contributed by atoms with Crippen LogP contribution in [0.3, 0.4) is 0 Å². The fourth-order valence-corrected chi connectivity index (χ4v) is 6.75. The van der Waals surface area contributed by atoms with Crippen molar-refractivity contribution in [1.82, 2.24) is 10.2 Å². The molecule has 0 aliphatic rings. The predicted octanol–water partition coefficient (Wildman–Crippen LogP) is 7.03. The Morgan fingerprint density at radius 3 is 1.98 bits per heavy atom. The Balaban J connectivity index is 1.81. The van der Waals surface area contributed by atoms with E-state index >= 15 is 0 Å². The van der Waals surface area contributed by atoms with Gasteiger partial charge in [0, 0.05) is 19.5 Å². The van der Waals surface area contributed by atoms with Gasteiger partial charge in [-0.3, -0.25) is 13.9 Å². The van der Waals surface area contributed by atoms with Gasteiger partial charge in [0.25, 0.3) is 10.0 Å². The first-order valence-corrected chi connectivity index (χ1v) is 17.7. The molecule has 0 unspecified atom stereocenters. The molecule has 1 N–H and O–H groups in total. The Morgan fingerprint density at radius 2 is 1.38 bits per heavy atom. The molecule has 4 rings (SSSR count). The van der Waals surface area contributed by atoms with Gasteiger partial charge in [-0.05, 0) is 72.2 Å². The van der Waals surface area contributed by atoms with E-state index in [-0.39, 0.29) is 35.6 Å². The van der Waals surface area contributed by atoms with Gasteiger partial charge in [0.15, 0.2) is 0 Å². The molecular formula is C39H47N3O4S. The standard InChI is InChI=1S/C39H47N3O4S/c1-28(2)25-40-39(44)37(24-32-13-8-7-9-14-32)41(26-34-15-11-10-12-31(34)6)38(43)27-42(35-20-18-33(19-21-35)29(3)4)47(45,46)36-22-16-30(5)17-23-36/h7-23,28-29,37H,24-27H2,1-6H3,(H,40,44)/t37-/m0/s1. The number of hydrogen-bond acceptors (Lipinski definition) is 4. The minimum Gasteiger partial charge on any atom is -0.354 e. The first kappa shape index (κ1) is 35.4. The minimum absolute atomic E-state index is 0.0878. The smallest absolute Gasteiger partial charge is 0.264 e. The number of rotatable bonds is 14. The molecule has 4 aromatic rings. The minimum atomic E-state index is -4.15. The maximum atomic E-state index is 14.7. The molecule has 4 aromatic carbocycles. The predicted molar refractivity (Wildman–Crippen MR) is 190 cm³/mol. The van der Waals surface area contributed by atoms with Gasteiger partial charge in [-0.1, -0.05) is 112 Å². The number of hydrogen-bond donors (Lipinski definition) is 1. The second-order valence-corrected chi connectivity index (χ2v) is 14.7. The number of nitrogens with one attached hydrogen (secondary N) is 1. The molecule has 8 heteroatoms. The highest BCUT2D eigenvalue weighted by Gasteiger charge is 2.35. The zero-order valence-corrected chi connectivity index (χ0v) is 29.1. The quantitative estimate of drug-likeness (QED) is 0.158. The summed E-state index contributed by atoms with van der Waals surface area (Å²) >= 11 is 0. The van der Waals surface area contributed by atoms with Crippen LogP contribution in [0.2, 0.25) is 0 Å². The second kappa shape index (κ2) is 15.9. The van der Waals surface area contributed by atoms with Crippen LogP contribution < -0.4 is 9.62 Å². The van der Waals surface area contributed by atoms with Gasteiger partial charge in [-0.2, -0.15) is 0 Å². The van der Waals surface area contributed by atoms with Crippen LogP contribution in [0.1, 0.15) is 61.4 Å². The Hall–Kier alpha value is -4.43.